The Bertz CT molecular complexity index is 758. The van der Waals surface area contributed by atoms with Crippen LogP contribution in [0.5, 0.6) is 0 Å². The first-order valence-electron chi connectivity index (χ1n) is 5.68. The number of benzene rings is 1. The van der Waals surface area contributed by atoms with Gasteiger partial charge in [0.1, 0.15) is 0 Å². The van der Waals surface area contributed by atoms with E-state index in [-0.39, 0.29) is 15.4 Å². The van der Waals surface area contributed by atoms with Crippen molar-refractivity contribution in [1.29, 1.82) is 0 Å². The highest BCUT2D eigenvalue weighted by molar-refractivity contribution is 7.98. The van der Waals surface area contributed by atoms with Crippen LogP contribution in [0, 0.1) is 0 Å². The maximum absolute atomic E-state index is 12.2. The number of carbonyl (C=O) groups is 1. The molecule has 1 amide bonds. The summed E-state index contributed by atoms with van der Waals surface area (Å²) in [6.07, 6.45) is 1.90. The van der Waals surface area contributed by atoms with Crippen LogP contribution in [-0.4, -0.2) is 30.8 Å². The third-order valence-corrected chi connectivity index (χ3v) is 5.55. The third kappa shape index (κ3) is 4.16. The Kier molecular flexibility index (Phi) is 4.80. The molecule has 2 rings (SSSR count). The summed E-state index contributed by atoms with van der Waals surface area (Å²) < 4.78 is 26.6. The zero-order valence-electron chi connectivity index (χ0n) is 11.2. The molecule has 0 atom stereocenters. The first-order valence-corrected chi connectivity index (χ1v) is 9.21. The van der Waals surface area contributed by atoms with Crippen LogP contribution in [0.1, 0.15) is 6.92 Å². The fourth-order valence-electron chi connectivity index (χ4n) is 1.40. The predicted octanol–water partition coefficient (Wildman–Crippen LogP) is 2.02. The second kappa shape index (κ2) is 6.41. The van der Waals surface area contributed by atoms with Gasteiger partial charge in [-0.2, -0.15) is 8.42 Å². The molecule has 0 saturated heterocycles. The smallest absolute Gasteiger partial charge is 0.291 e. The summed E-state index contributed by atoms with van der Waals surface area (Å²) in [6, 6.07) is 7.00. The van der Waals surface area contributed by atoms with E-state index in [0.29, 0.717) is 5.69 Å². The van der Waals surface area contributed by atoms with Crippen molar-refractivity contribution < 1.29 is 13.2 Å². The highest BCUT2D eigenvalue weighted by Crippen LogP contribution is 2.24. The Morgan fingerprint density at radius 1 is 1.33 bits per heavy atom. The lowest BCUT2D eigenvalue weighted by molar-refractivity contribution is -0.114. The van der Waals surface area contributed by atoms with E-state index >= 15 is 0 Å². The van der Waals surface area contributed by atoms with Crippen molar-refractivity contribution in [2.24, 2.45) is 0 Å². The van der Waals surface area contributed by atoms with E-state index in [0.717, 1.165) is 16.2 Å². The number of anilines is 2. The van der Waals surface area contributed by atoms with Crippen molar-refractivity contribution in [3.63, 3.8) is 0 Å². The molecule has 0 aliphatic carbocycles. The van der Waals surface area contributed by atoms with Gasteiger partial charge in [0.25, 0.3) is 14.4 Å². The molecule has 0 bridgehead atoms. The van der Waals surface area contributed by atoms with Gasteiger partial charge in [0.05, 0.1) is 5.69 Å². The quantitative estimate of drug-likeness (QED) is 0.636. The van der Waals surface area contributed by atoms with Crippen molar-refractivity contribution in [3.05, 3.63) is 24.3 Å². The second-order valence-electron chi connectivity index (χ2n) is 3.89. The third-order valence-electron chi connectivity index (χ3n) is 2.24. The van der Waals surface area contributed by atoms with E-state index in [1.807, 2.05) is 12.3 Å². The average Bonchev–Trinajstić information content (AvgIpc) is 2.87. The van der Waals surface area contributed by atoms with Crippen LogP contribution in [0.3, 0.4) is 0 Å². The predicted molar refractivity (Wildman–Crippen MR) is 83.2 cm³/mol. The van der Waals surface area contributed by atoms with Crippen LogP contribution < -0.4 is 10.0 Å². The highest BCUT2D eigenvalue weighted by atomic mass is 32.2. The first kappa shape index (κ1) is 15.7. The molecule has 21 heavy (non-hydrogen) atoms. The number of hydrogen-bond acceptors (Lipinski definition) is 7. The van der Waals surface area contributed by atoms with Gasteiger partial charge >= 0.3 is 0 Å². The number of carbonyl (C=O) groups excluding carboxylic acids is 1. The number of amides is 1. The summed E-state index contributed by atoms with van der Waals surface area (Å²) in [7, 11) is -3.82. The summed E-state index contributed by atoms with van der Waals surface area (Å²) in [5.74, 6) is -0.337. The highest BCUT2D eigenvalue weighted by Gasteiger charge is 2.20. The van der Waals surface area contributed by atoms with E-state index < -0.39 is 10.0 Å². The first-order chi connectivity index (χ1) is 9.90. The Labute approximate surface area is 130 Å². The molecule has 7 nitrogen and oxygen atoms in total. The summed E-state index contributed by atoms with van der Waals surface area (Å²) in [5, 5.41) is 9.72. The van der Waals surface area contributed by atoms with Gasteiger partial charge in [0, 0.05) is 11.8 Å². The van der Waals surface area contributed by atoms with Crippen LogP contribution in [0.4, 0.5) is 10.8 Å². The molecule has 0 spiro atoms. The number of nitrogens with one attached hydrogen (secondary N) is 2. The van der Waals surface area contributed by atoms with Gasteiger partial charge in [-0.3, -0.25) is 9.52 Å². The monoisotopic (exact) mass is 344 g/mol. The van der Waals surface area contributed by atoms with Gasteiger partial charge in [-0.05, 0) is 24.5 Å². The number of hydrogen-bond donors (Lipinski definition) is 2. The Balaban J connectivity index is 2.21. The van der Waals surface area contributed by atoms with Crippen molar-refractivity contribution in [1.82, 2.24) is 10.2 Å². The van der Waals surface area contributed by atoms with Gasteiger partial charge in [0.15, 0.2) is 0 Å². The zero-order chi connectivity index (χ0) is 15.5. The van der Waals surface area contributed by atoms with E-state index in [9.17, 15) is 13.2 Å². The molecule has 0 unspecified atom stereocenters. The molecular weight excluding hydrogens is 332 g/mol. The maximum Gasteiger partial charge on any atom is 0.291 e. The van der Waals surface area contributed by atoms with Crippen molar-refractivity contribution in [2.75, 3.05) is 16.3 Å². The number of sulfonamides is 1. The maximum atomic E-state index is 12.2. The van der Waals surface area contributed by atoms with Gasteiger partial charge in [-0.1, -0.05) is 17.4 Å². The Hall–Kier alpha value is -1.65. The van der Waals surface area contributed by atoms with Gasteiger partial charge in [0.2, 0.25) is 11.0 Å². The van der Waals surface area contributed by atoms with Crippen LogP contribution in [0.15, 0.2) is 33.5 Å². The molecule has 0 aliphatic rings. The van der Waals surface area contributed by atoms with E-state index in [4.69, 9.17) is 0 Å². The molecule has 2 aromatic rings. The molecule has 0 radical (unpaired) electrons. The molecule has 0 aliphatic heterocycles. The lowest BCUT2D eigenvalue weighted by Gasteiger charge is -2.06. The minimum atomic E-state index is -3.82. The SMILES string of the molecule is CSc1cccc(NS(=O)(=O)c2nnc(NC(C)=O)s2)c1. The van der Waals surface area contributed by atoms with Crippen molar-refractivity contribution in [2.45, 2.75) is 16.2 Å². The van der Waals surface area contributed by atoms with Crippen molar-refractivity contribution in [3.8, 4) is 0 Å². The molecule has 112 valence electrons. The van der Waals surface area contributed by atoms with Crippen LogP contribution >= 0.6 is 23.1 Å². The molecular formula is C11H12N4O3S3. The summed E-state index contributed by atoms with van der Waals surface area (Å²) >= 11 is 2.30. The molecule has 0 fully saturated rings. The zero-order valence-corrected chi connectivity index (χ0v) is 13.6. The molecule has 1 aromatic heterocycles. The number of rotatable bonds is 5. The van der Waals surface area contributed by atoms with Gasteiger partial charge in [-0.25, -0.2) is 0 Å². The van der Waals surface area contributed by atoms with Crippen molar-refractivity contribution >= 4 is 49.8 Å². The van der Waals surface area contributed by atoms with Crippen LogP contribution in [0.25, 0.3) is 0 Å². The minimum absolute atomic E-state index is 0.140. The van der Waals surface area contributed by atoms with Gasteiger partial charge < -0.3 is 5.32 Å². The second-order valence-corrected chi connectivity index (χ2v) is 7.61. The summed E-state index contributed by atoms with van der Waals surface area (Å²) in [6.45, 7) is 1.31. The van der Waals surface area contributed by atoms with Gasteiger partial charge in [-0.15, -0.1) is 22.0 Å². The fourth-order valence-corrected chi connectivity index (χ4v) is 3.86. The molecule has 2 N–H and O–H groups in total. The number of thioether (sulfide) groups is 1. The molecule has 1 heterocycles. The topological polar surface area (TPSA) is 101 Å². The fraction of sp³-hybridized carbons (Fsp3) is 0.182. The summed E-state index contributed by atoms with van der Waals surface area (Å²) in [5.41, 5.74) is 0.443. The largest absolute Gasteiger partial charge is 0.301 e. The van der Waals surface area contributed by atoms with E-state index in [1.165, 1.54) is 18.7 Å². The molecule has 0 saturated carbocycles. The normalized spacial score (nSPS) is 11.1. The molecule has 1 aromatic carbocycles. The standard InChI is InChI=1S/C11H12N4O3S3/c1-7(16)12-10-13-14-11(20-10)21(17,18)15-8-4-3-5-9(6-8)19-2/h3-6,15H,1-2H3,(H,12,13,16). The number of nitrogens with zero attached hydrogens (tertiary/aromatic N) is 2. The van der Waals surface area contributed by atoms with Crippen LogP contribution in [-0.2, 0) is 14.8 Å². The average molecular weight is 344 g/mol. The lowest BCUT2D eigenvalue weighted by Crippen LogP contribution is -2.12. The summed E-state index contributed by atoms with van der Waals surface area (Å²) in [4.78, 5) is 11.8. The van der Waals surface area contributed by atoms with Crippen LogP contribution in [0.2, 0.25) is 0 Å². The van der Waals surface area contributed by atoms with E-state index in [1.54, 1.807) is 18.2 Å². The number of aromatic nitrogens is 2. The minimum Gasteiger partial charge on any atom is -0.301 e. The lowest BCUT2D eigenvalue weighted by atomic mass is 10.3. The van der Waals surface area contributed by atoms with E-state index in [2.05, 4.69) is 20.2 Å². The molecule has 10 heteroatoms. The Morgan fingerprint density at radius 2 is 2.10 bits per heavy atom. The Morgan fingerprint density at radius 3 is 2.76 bits per heavy atom.